The van der Waals surface area contributed by atoms with E-state index in [4.69, 9.17) is 4.43 Å². The monoisotopic (exact) mass is 368 g/mol. The fourth-order valence-electron chi connectivity index (χ4n) is 3.54. The Kier molecular flexibility index (Phi) is 18.6. The van der Waals surface area contributed by atoms with Gasteiger partial charge in [0, 0.05) is 0 Å². The number of rotatable bonds is 19. The molecular formula is C23H48OSi. The summed E-state index contributed by atoms with van der Waals surface area (Å²) in [6.07, 6.45) is 22.3. The van der Waals surface area contributed by atoms with E-state index in [1.54, 1.807) is 0 Å². The van der Waals surface area contributed by atoms with E-state index in [1.165, 1.54) is 102 Å². The van der Waals surface area contributed by atoms with Gasteiger partial charge in [0.2, 0.25) is 0 Å². The Morgan fingerprint density at radius 3 is 1.56 bits per heavy atom. The SMILES string of the molecule is CCCCCCCC/C=C/CO[Si](CCCC)(CCCC)CCCC. The first kappa shape index (κ1) is 24.9. The van der Waals surface area contributed by atoms with Crippen LogP contribution in [0.5, 0.6) is 0 Å². The minimum Gasteiger partial charge on any atom is -0.413 e. The summed E-state index contributed by atoms with van der Waals surface area (Å²) in [5, 5.41) is 0. The minimum absolute atomic E-state index is 0.874. The second-order valence-corrected chi connectivity index (χ2v) is 12.0. The highest BCUT2D eigenvalue weighted by molar-refractivity contribution is 6.73. The van der Waals surface area contributed by atoms with Crippen molar-refractivity contribution < 1.29 is 4.43 Å². The molecule has 0 bridgehead atoms. The Balaban J connectivity index is 4.17. The van der Waals surface area contributed by atoms with Crippen LogP contribution in [-0.2, 0) is 4.43 Å². The highest BCUT2D eigenvalue weighted by Gasteiger charge is 2.32. The van der Waals surface area contributed by atoms with Crippen LogP contribution in [0.15, 0.2) is 12.2 Å². The van der Waals surface area contributed by atoms with E-state index in [0.29, 0.717) is 0 Å². The first-order valence-corrected chi connectivity index (χ1v) is 14.1. The molecule has 0 radical (unpaired) electrons. The minimum atomic E-state index is -1.50. The Morgan fingerprint density at radius 2 is 1.04 bits per heavy atom. The van der Waals surface area contributed by atoms with Crippen LogP contribution in [0.2, 0.25) is 18.1 Å². The highest BCUT2D eigenvalue weighted by atomic mass is 28.4. The summed E-state index contributed by atoms with van der Waals surface area (Å²) in [4.78, 5) is 0. The van der Waals surface area contributed by atoms with Crippen LogP contribution < -0.4 is 0 Å². The number of allylic oxidation sites excluding steroid dienone is 1. The lowest BCUT2D eigenvalue weighted by molar-refractivity contribution is 0.334. The van der Waals surface area contributed by atoms with Crippen molar-refractivity contribution in [1.29, 1.82) is 0 Å². The fourth-order valence-corrected chi connectivity index (χ4v) is 8.17. The molecule has 0 saturated carbocycles. The molecule has 0 aromatic carbocycles. The Bertz CT molecular complexity index is 266. The molecule has 0 unspecified atom stereocenters. The zero-order chi connectivity index (χ0) is 18.6. The maximum atomic E-state index is 6.65. The van der Waals surface area contributed by atoms with E-state index in [-0.39, 0.29) is 0 Å². The van der Waals surface area contributed by atoms with Crippen molar-refractivity contribution in [3.63, 3.8) is 0 Å². The highest BCUT2D eigenvalue weighted by Crippen LogP contribution is 2.29. The molecule has 0 rings (SSSR count). The van der Waals surface area contributed by atoms with E-state index in [0.717, 1.165) is 6.61 Å². The van der Waals surface area contributed by atoms with Crippen molar-refractivity contribution in [3.05, 3.63) is 12.2 Å². The molecule has 2 heteroatoms. The molecule has 0 aromatic rings. The molecule has 0 fully saturated rings. The maximum absolute atomic E-state index is 6.65. The average Bonchev–Trinajstić information content (AvgIpc) is 2.64. The van der Waals surface area contributed by atoms with Crippen LogP contribution >= 0.6 is 0 Å². The lowest BCUT2D eigenvalue weighted by Crippen LogP contribution is -2.38. The maximum Gasteiger partial charge on any atom is 0.193 e. The third-order valence-electron chi connectivity index (χ3n) is 5.33. The van der Waals surface area contributed by atoms with Gasteiger partial charge in [-0.15, -0.1) is 0 Å². The van der Waals surface area contributed by atoms with Gasteiger partial charge in [-0.3, -0.25) is 0 Å². The third kappa shape index (κ3) is 14.7. The predicted octanol–water partition coefficient (Wildman–Crippen LogP) is 8.66. The zero-order valence-corrected chi connectivity index (χ0v) is 19.1. The Hall–Kier alpha value is -0.0831. The average molecular weight is 369 g/mol. The van der Waals surface area contributed by atoms with E-state index in [9.17, 15) is 0 Å². The summed E-state index contributed by atoms with van der Waals surface area (Å²) in [5.41, 5.74) is 0. The summed E-state index contributed by atoms with van der Waals surface area (Å²) in [5.74, 6) is 0. The molecule has 0 aliphatic carbocycles. The zero-order valence-electron chi connectivity index (χ0n) is 18.1. The molecule has 0 heterocycles. The van der Waals surface area contributed by atoms with E-state index in [2.05, 4.69) is 39.8 Å². The second-order valence-electron chi connectivity index (χ2n) is 7.83. The molecule has 0 spiro atoms. The van der Waals surface area contributed by atoms with Crippen molar-refractivity contribution in [2.45, 2.75) is 129 Å². The summed E-state index contributed by atoms with van der Waals surface area (Å²) in [6, 6.07) is 4.15. The van der Waals surface area contributed by atoms with Crippen molar-refractivity contribution in [2.75, 3.05) is 6.61 Å². The molecule has 0 N–H and O–H groups in total. The summed E-state index contributed by atoms with van der Waals surface area (Å²) < 4.78 is 6.65. The smallest absolute Gasteiger partial charge is 0.193 e. The van der Waals surface area contributed by atoms with Crippen LogP contribution in [0.1, 0.15) is 111 Å². The summed E-state index contributed by atoms with van der Waals surface area (Å²) in [6.45, 7) is 10.1. The summed E-state index contributed by atoms with van der Waals surface area (Å²) >= 11 is 0. The van der Waals surface area contributed by atoms with E-state index in [1.807, 2.05) is 0 Å². The van der Waals surface area contributed by atoms with Gasteiger partial charge in [0.25, 0.3) is 0 Å². The number of hydrogen-bond donors (Lipinski definition) is 0. The van der Waals surface area contributed by atoms with Gasteiger partial charge in [0.05, 0.1) is 6.61 Å². The van der Waals surface area contributed by atoms with Gasteiger partial charge in [-0.2, -0.15) is 0 Å². The van der Waals surface area contributed by atoms with Crippen LogP contribution in [0, 0.1) is 0 Å². The third-order valence-corrected chi connectivity index (χ3v) is 9.91. The Morgan fingerprint density at radius 1 is 0.560 bits per heavy atom. The van der Waals surface area contributed by atoms with Gasteiger partial charge in [-0.1, -0.05) is 110 Å². The van der Waals surface area contributed by atoms with Crippen molar-refractivity contribution in [3.8, 4) is 0 Å². The van der Waals surface area contributed by atoms with Gasteiger partial charge in [-0.05, 0) is 31.0 Å². The largest absolute Gasteiger partial charge is 0.413 e. The lowest BCUT2D eigenvalue weighted by Gasteiger charge is -2.31. The molecule has 0 saturated heterocycles. The van der Waals surface area contributed by atoms with Crippen LogP contribution in [0.3, 0.4) is 0 Å². The van der Waals surface area contributed by atoms with Gasteiger partial charge in [0.1, 0.15) is 0 Å². The first-order valence-electron chi connectivity index (χ1n) is 11.5. The van der Waals surface area contributed by atoms with Crippen molar-refractivity contribution >= 4 is 8.32 Å². The second kappa shape index (κ2) is 18.7. The van der Waals surface area contributed by atoms with Crippen LogP contribution in [0.4, 0.5) is 0 Å². The molecular weight excluding hydrogens is 320 g/mol. The first-order chi connectivity index (χ1) is 12.2. The standard InChI is InChI=1S/C23H48OSi/c1-5-9-13-14-15-16-17-18-19-20-24-25(21-10-6-2,22-11-7-3)23-12-8-4/h18-19H,5-17,20-23H2,1-4H3/b19-18+. The normalized spacial score (nSPS) is 12.3. The molecule has 1 nitrogen and oxygen atoms in total. The van der Waals surface area contributed by atoms with Gasteiger partial charge < -0.3 is 4.43 Å². The van der Waals surface area contributed by atoms with Crippen LogP contribution in [0.25, 0.3) is 0 Å². The molecule has 0 amide bonds. The van der Waals surface area contributed by atoms with Crippen molar-refractivity contribution in [2.24, 2.45) is 0 Å². The number of unbranched alkanes of at least 4 members (excludes halogenated alkanes) is 9. The lowest BCUT2D eigenvalue weighted by atomic mass is 10.1. The fraction of sp³-hybridized carbons (Fsp3) is 0.913. The van der Waals surface area contributed by atoms with E-state index < -0.39 is 8.32 Å². The van der Waals surface area contributed by atoms with Gasteiger partial charge in [0.15, 0.2) is 8.32 Å². The predicted molar refractivity (Wildman–Crippen MR) is 118 cm³/mol. The topological polar surface area (TPSA) is 9.23 Å². The van der Waals surface area contributed by atoms with Gasteiger partial charge in [-0.25, -0.2) is 0 Å². The van der Waals surface area contributed by atoms with Crippen molar-refractivity contribution in [1.82, 2.24) is 0 Å². The molecule has 0 atom stereocenters. The number of hydrogen-bond acceptors (Lipinski definition) is 1. The molecule has 0 aliphatic heterocycles. The molecule has 25 heavy (non-hydrogen) atoms. The van der Waals surface area contributed by atoms with Gasteiger partial charge >= 0.3 is 0 Å². The molecule has 0 aromatic heterocycles. The quantitative estimate of drug-likeness (QED) is 0.126. The Labute approximate surface area is 161 Å². The van der Waals surface area contributed by atoms with E-state index >= 15 is 0 Å². The molecule has 0 aliphatic rings. The molecule has 150 valence electrons. The van der Waals surface area contributed by atoms with Crippen LogP contribution in [-0.4, -0.2) is 14.9 Å². The summed E-state index contributed by atoms with van der Waals surface area (Å²) in [7, 11) is -1.50.